The number of hydrogen-bond donors (Lipinski definition) is 5. The van der Waals surface area contributed by atoms with Crippen molar-refractivity contribution in [3.63, 3.8) is 0 Å². The van der Waals surface area contributed by atoms with Crippen molar-refractivity contribution in [3.8, 4) is 0 Å². The molecule has 5 atom stereocenters. The van der Waals surface area contributed by atoms with Crippen LogP contribution in [0.3, 0.4) is 0 Å². The fourth-order valence-electron chi connectivity index (χ4n) is 3.49. The Kier molecular flexibility index (Phi) is 9.91. The number of carbonyl (C=O) groups is 1. The number of rotatable bonds is 3. The molecule has 2 saturated heterocycles. The van der Waals surface area contributed by atoms with E-state index >= 15 is 0 Å². The van der Waals surface area contributed by atoms with Crippen LogP contribution in [-0.2, 0) is 14.3 Å². The molecule has 9 nitrogen and oxygen atoms in total. The van der Waals surface area contributed by atoms with Crippen molar-refractivity contribution in [1.82, 2.24) is 10.2 Å². The Morgan fingerprint density at radius 1 is 1.15 bits per heavy atom. The summed E-state index contributed by atoms with van der Waals surface area (Å²) < 4.78 is 11.1. The summed E-state index contributed by atoms with van der Waals surface area (Å²) in [6.07, 6.45) is -1.42. The second-order valence-electron chi connectivity index (χ2n) is 7.25. The Morgan fingerprint density at radius 3 is 2.59 bits per heavy atom. The number of hydrogen-bond acceptors (Lipinski definition) is 8. The van der Waals surface area contributed by atoms with Gasteiger partial charge in [0.05, 0.1) is 12.6 Å². The third-order valence-corrected chi connectivity index (χ3v) is 5.08. The zero-order valence-corrected chi connectivity index (χ0v) is 15.8. The SMILES string of the molecule is O=C([C@@H]1CCCN1)N1CCCOCCCCO[C@H]([C@H](O)CO)[C@H](O)[C@H](O)C1. The lowest BCUT2D eigenvalue weighted by Gasteiger charge is -2.34. The molecular formula is C18H34N2O7. The molecule has 0 aromatic carbocycles. The predicted octanol–water partition coefficient (Wildman–Crippen LogP) is -1.77. The van der Waals surface area contributed by atoms with Crippen LogP contribution in [0.1, 0.15) is 32.1 Å². The highest BCUT2D eigenvalue weighted by atomic mass is 16.5. The highest BCUT2D eigenvalue weighted by molar-refractivity contribution is 5.82. The first-order valence-electron chi connectivity index (χ1n) is 9.91. The lowest BCUT2D eigenvalue weighted by Crippen LogP contribution is -2.54. The summed E-state index contributed by atoms with van der Waals surface area (Å²) in [5.74, 6) is -0.106. The molecule has 5 N–H and O–H groups in total. The third kappa shape index (κ3) is 6.94. The zero-order chi connectivity index (χ0) is 19.6. The summed E-state index contributed by atoms with van der Waals surface area (Å²) in [5, 5.41) is 43.3. The molecular weight excluding hydrogens is 356 g/mol. The van der Waals surface area contributed by atoms with Crippen LogP contribution in [0.5, 0.6) is 0 Å². The first-order chi connectivity index (χ1) is 13.0. The number of β-amino-alcohol motifs (C(OH)–C–C–N with tert-alkyl or cyclic N) is 1. The minimum absolute atomic E-state index is 0.0732. The van der Waals surface area contributed by atoms with Crippen LogP contribution in [-0.4, -0.2) is 108 Å². The Labute approximate surface area is 160 Å². The molecule has 27 heavy (non-hydrogen) atoms. The molecule has 0 aliphatic carbocycles. The Hall–Kier alpha value is -0.810. The van der Waals surface area contributed by atoms with Crippen LogP contribution in [0.15, 0.2) is 0 Å². The summed E-state index contributed by atoms with van der Waals surface area (Å²) in [6.45, 7) is 1.89. The van der Waals surface area contributed by atoms with E-state index in [9.17, 15) is 25.2 Å². The van der Waals surface area contributed by atoms with Gasteiger partial charge in [0.2, 0.25) is 5.91 Å². The van der Waals surface area contributed by atoms with Crippen LogP contribution in [0.4, 0.5) is 0 Å². The van der Waals surface area contributed by atoms with Gasteiger partial charge >= 0.3 is 0 Å². The molecule has 0 aromatic heterocycles. The molecule has 2 fully saturated rings. The Balaban J connectivity index is 2.07. The van der Waals surface area contributed by atoms with Crippen molar-refractivity contribution in [2.75, 3.05) is 46.1 Å². The fourth-order valence-corrected chi connectivity index (χ4v) is 3.49. The van der Waals surface area contributed by atoms with E-state index in [4.69, 9.17) is 9.47 Å². The number of nitrogens with zero attached hydrogens (tertiary/aromatic N) is 1. The molecule has 0 spiro atoms. The largest absolute Gasteiger partial charge is 0.394 e. The molecule has 0 saturated carbocycles. The van der Waals surface area contributed by atoms with E-state index in [2.05, 4.69) is 5.32 Å². The molecule has 158 valence electrons. The van der Waals surface area contributed by atoms with Crippen molar-refractivity contribution >= 4 is 5.91 Å². The molecule has 9 heteroatoms. The van der Waals surface area contributed by atoms with Crippen molar-refractivity contribution in [2.24, 2.45) is 0 Å². The maximum atomic E-state index is 12.8. The molecule has 0 aromatic rings. The maximum Gasteiger partial charge on any atom is 0.239 e. The molecule has 0 unspecified atom stereocenters. The standard InChI is InChI=1S/C18H34N2O7/c21-12-15(23)17-16(24)14(22)11-20(18(25)13-5-3-6-19-13)7-4-9-26-8-1-2-10-27-17/h13-17,19,21-24H,1-12H2/t13-,14+,15+,16+,17+/m0/s1. The van der Waals surface area contributed by atoms with Gasteiger partial charge < -0.3 is 40.1 Å². The third-order valence-electron chi connectivity index (χ3n) is 5.08. The van der Waals surface area contributed by atoms with Gasteiger partial charge in [0.15, 0.2) is 0 Å². The zero-order valence-electron chi connectivity index (χ0n) is 15.8. The normalized spacial score (nSPS) is 33.4. The number of amides is 1. The average molecular weight is 390 g/mol. The van der Waals surface area contributed by atoms with Gasteiger partial charge in [-0.1, -0.05) is 0 Å². The number of aliphatic hydroxyl groups excluding tert-OH is 4. The molecule has 0 bridgehead atoms. The van der Waals surface area contributed by atoms with Crippen molar-refractivity contribution in [1.29, 1.82) is 0 Å². The van der Waals surface area contributed by atoms with E-state index in [0.717, 1.165) is 25.8 Å². The number of nitrogens with one attached hydrogen (secondary N) is 1. The quantitative estimate of drug-likeness (QED) is 0.383. The van der Waals surface area contributed by atoms with E-state index in [0.29, 0.717) is 32.6 Å². The van der Waals surface area contributed by atoms with E-state index in [1.54, 1.807) is 0 Å². The van der Waals surface area contributed by atoms with Gasteiger partial charge in [-0.15, -0.1) is 0 Å². The second kappa shape index (κ2) is 11.9. The van der Waals surface area contributed by atoms with E-state index in [-0.39, 0.29) is 25.1 Å². The van der Waals surface area contributed by atoms with Gasteiger partial charge in [-0.2, -0.15) is 0 Å². The molecule has 2 aliphatic rings. The van der Waals surface area contributed by atoms with E-state index in [1.807, 2.05) is 0 Å². The topological polar surface area (TPSA) is 132 Å². The van der Waals surface area contributed by atoms with Crippen molar-refractivity contribution < 1.29 is 34.7 Å². The maximum absolute atomic E-state index is 12.8. The van der Waals surface area contributed by atoms with Crippen molar-refractivity contribution in [3.05, 3.63) is 0 Å². The second-order valence-corrected chi connectivity index (χ2v) is 7.25. The Bertz CT molecular complexity index is 434. The van der Waals surface area contributed by atoms with Crippen LogP contribution < -0.4 is 5.32 Å². The number of ether oxygens (including phenoxy) is 2. The van der Waals surface area contributed by atoms with Gasteiger partial charge in [-0.3, -0.25) is 4.79 Å². The minimum atomic E-state index is -1.42. The smallest absolute Gasteiger partial charge is 0.239 e. The fraction of sp³-hybridized carbons (Fsp3) is 0.944. The van der Waals surface area contributed by atoms with E-state index < -0.39 is 31.0 Å². The van der Waals surface area contributed by atoms with Gasteiger partial charge in [0.25, 0.3) is 0 Å². The van der Waals surface area contributed by atoms with Gasteiger partial charge in [0, 0.05) is 32.9 Å². The predicted molar refractivity (Wildman–Crippen MR) is 97.1 cm³/mol. The first-order valence-corrected chi connectivity index (χ1v) is 9.91. The van der Waals surface area contributed by atoms with Gasteiger partial charge in [-0.25, -0.2) is 0 Å². The van der Waals surface area contributed by atoms with Gasteiger partial charge in [-0.05, 0) is 38.6 Å². The number of carbonyl (C=O) groups excluding carboxylic acids is 1. The van der Waals surface area contributed by atoms with Crippen LogP contribution >= 0.6 is 0 Å². The van der Waals surface area contributed by atoms with Crippen molar-refractivity contribution in [2.45, 2.75) is 62.6 Å². The molecule has 2 heterocycles. The minimum Gasteiger partial charge on any atom is -0.394 e. The lowest BCUT2D eigenvalue weighted by atomic mass is 10.0. The molecule has 2 rings (SSSR count). The number of aliphatic hydroxyl groups is 4. The highest BCUT2D eigenvalue weighted by Crippen LogP contribution is 2.15. The van der Waals surface area contributed by atoms with Crippen LogP contribution in [0.2, 0.25) is 0 Å². The average Bonchev–Trinajstić information content (AvgIpc) is 3.21. The summed E-state index contributed by atoms with van der Waals surface area (Å²) >= 11 is 0. The lowest BCUT2D eigenvalue weighted by molar-refractivity contribution is -0.152. The van der Waals surface area contributed by atoms with Crippen LogP contribution in [0, 0.1) is 0 Å². The van der Waals surface area contributed by atoms with Gasteiger partial charge in [0.1, 0.15) is 24.4 Å². The molecule has 0 radical (unpaired) electrons. The summed E-state index contributed by atoms with van der Waals surface area (Å²) in [7, 11) is 0. The molecule has 2 aliphatic heterocycles. The monoisotopic (exact) mass is 390 g/mol. The van der Waals surface area contributed by atoms with Crippen LogP contribution in [0.25, 0.3) is 0 Å². The summed E-state index contributed by atoms with van der Waals surface area (Å²) in [6, 6.07) is -0.274. The highest BCUT2D eigenvalue weighted by Gasteiger charge is 2.35. The summed E-state index contributed by atoms with van der Waals surface area (Å²) in [5.41, 5.74) is 0. The first kappa shape index (κ1) is 22.5. The Morgan fingerprint density at radius 2 is 1.89 bits per heavy atom. The summed E-state index contributed by atoms with van der Waals surface area (Å²) in [4.78, 5) is 14.3. The van der Waals surface area contributed by atoms with E-state index in [1.165, 1.54) is 4.90 Å². The molecule has 1 amide bonds.